The van der Waals surface area contributed by atoms with Crippen LogP contribution in [0.4, 0.5) is 5.69 Å². The van der Waals surface area contributed by atoms with E-state index in [9.17, 15) is 5.11 Å². The summed E-state index contributed by atoms with van der Waals surface area (Å²) in [5.74, 6) is 2.47. The number of nitrogens with zero attached hydrogens (tertiary/aromatic N) is 4. The normalized spacial score (nSPS) is 20.7. The van der Waals surface area contributed by atoms with Crippen molar-refractivity contribution >= 4 is 5.69 Å². The van der Waals surface area contributed by atoms with E-state index in [1.807, 2.05) is 18.2 Å². The van der Waals surface area contributed by atoms with Crippen LogP contribution < -0.4 is 4.90 Å². The van der Waals surface area contributed by atoms with E-state index in [0.717, 1.165) is 43.6 Å². The molecule has 0 radical (unpaired) electrons. The maximum Gasteiger partial charge on any atom is 0.243 e. The van der Waals surface area contributed by atoms with Crippen LogP contribution in [0.1, 0.15) is 43.4 Å². The number of phenols is 1. The van der Waals surface area contributed by atoms with Crippen molar-refractivity contribution in [1.29, 1.82) is 0 Å². The fourth-order valence-electron chi connectivity index (χ4n) is 3.16. The number of piperazine rings is 1. The largest absolute Gasteiger partial charge is 0.506 e. The van der Waals surface area contributed by atoms with Gasteiger partial charge in [0.1, 0.15) is 5.75 Å². The van der Waals surface area contributed by atoms with Crippen molar-refractivity contribution in [3.8, 4) is 5.75 Å². The third-order valence-corrected chi connectivity index (χ3v) is 4.84. The summed E-state index contributed by atoms with van der Waals surface area (Å²) in [5.41, 5.74) is 0.911. The van der Waals surface area contributed by atoms with Crippen molar-refractivity contribution in [3.05, 3.63) is 36.0 Å². The van der Waals surface area contributed by atoms with Gasteiger partial charge in [-0.2, -0.15) is 4.98 Å². The molecule has 1 saturated heterocycles. The smallest absolute Gasteiger partial charge is 0.243 e. The molecule has 0 amide bonds. The number of rotatable bonds is 4. The van der Waals surface area contributed by atoms with Gasteiger partial charge in [-0.25, -0.2) is 0 Å². The number of hydrogen-bond acceptors (Lipinski definition) is 6. The van der Waals surface area contributed by atoms with Crippen LogP contribution in [-0.4, -0.2) is 46.3 Å². The lowest BCUT2D eigenvalue weighted by Crippen LogP contribution is -2.47. The molecule has 0 spiro atoms. The van der Waals surface area contributed by atoms with Crippen molar-refractivity contribution in [2.75, 3.05) is 31.1 Å². The van der Waals surface area contributed by atoms with E-state index in [1.165, 1.54) is 12.8 Å². The van der Waals surface area contributed by atoms with E-state index in [0.29, 0.717) is 11.7 Å². The molecule has 1 saturated carbocycles. The van der Waals surface area contributed by atoms with Crippen LogP contribution in [0, 0.1) is 0 Å². The molecule has 0 bridgehead atoms. The number of para-hydroxylation sites is 2. The zero-order valence-corrected chi connectivity index (χ0v) is 13.4. The Morgan fingerprint density at radius 1 is 1.17 bits per heavy atom. The van der Waals surface area contributed by atoms with Gasteiger partial charge in [-0.3, -0.25) is 4.90 Å². The molecule has 2 fully saturated rings. The van der Waals surface area contributed by atoms with E-state index in [-0.39, 0.29) is 6.04 Å². The van der Waals surface area contributed by atoms with E-state index in [2.05, 4.69) is 26.9 Å². The molecule has 1 atom stereocenters. The average Bonchev–Trinajstić information content (AvgIpc) is 3.32. The highest BCUT2D eigenvalue weighted by molar-refractivity contribution is 5.57. The maximum absolute atomic E-state index is 9.99. The Labute approximate surface area is 135 Å². The van der Waals surface area contributed by atoms with Gasteiger partial charge in [0.25, 0.3) is 0 Å². The minimum atomic E-state index is 0.140. The number of phenolic OH excluding ortho intramolecular Hbond substituents is 1. The van der Waals surface area contributed by atoms with Gasteiger partial charge in [0.05, 0.1) is 11.7 Å². The monoisotopic (exact) mass is 314 g/mol. The van der Waals surface area contributed by atoms with Crippen LogP contribution in [0.15, 0.2) is 28.8 Å². The molecule has 1 aliphatic carbocycles. The van der Waals surface area contributed by atoms with Gasteiger partial charge in [0.2, 0.25) is 5.89 Å². The first kappa shape index (κ1) is 14.5. The Morgan fingerprint density at radius 2 is 1.91 bits per heavy atom. The molecule has 6 nitrogen and oxygen atoms in total. The van der Waals surface area contributed by atoms with Gasteiger partial charge in [0, 0.05) is 32.1 Å². The highest BCUT2D eigenvalue weighted by Crippen LogP contribution is 2.38. The summed E-state index contributed by atoms with van der Waals surface area (Å²) in [7, 11) is 0. The number of aromatic hydroxyl groups is 1. The fourth-order valence-corrected chi connectivity index (χ4v) is 3.16. The molecule has 1 N–H and O–H groups in total. The van der Waals surface area contributed by atoms with Crippen molar-refractivity contribution in [3.63, 3.8) is 0 Å². The third kappa shape index (κ3) is 2.91. The van der Waals surface area contributed by atoms with E-state index in [1.54, 1.807) is 6.07 Å². The first-order valence-electron chi connectivity index (χ1n) is 8.33. The summed E-state index contributed by atoms with van der Waals surface area (Å²) < 4.78 is 5.46. The first-order chi connectivity index (χ1) is 11.2. The predicted molar refractivity (Wildman–Crippen MR) is 86.6 cm³/mol. The van der Waals surface area contributed by atoms with Gasteiger partial charge in [-0.1, -0.05) is 17.3 Å². The lowest BCUT2D eigenvalue weighted by atomic mass is 10.2. The summed E-state index contributed by atoms with van der Waals surface area (Å²) in [6.07, 6.45) is 2.37. The Balaban J connectivity index is 1.39. The van der Waals surface area contributed by atoms with Crippen molar-refractivity contribution in [2.24, 2.45) is 0 Å². The second-order valence-corrected chi connectivity index (χ2v) is 6.45. The molecule has 4 rings (SSSR count). The molecular formula is C17H22N4O2. The predicted octanol–water partition coefficient (Wildman–Crippen LogP) is 2.54. The minimum Gasteiger partial charge on any atom is -0.506 e. The Bertz CT molecular complexity index is 675. The molecule has 6 heteroatoms. The minimum absolute atomic E-state index is 0.140. The highest BCUT2D eigenvalue weighted by atomic mass is 16.5. The van der Waals surface area contributed by atoms with Crippen LogP contribution in [0.2, 0.25) is 0 Å². The second kappa shape index (κ2) is 5.85. The fraction of sp³-hybridized carbons (Fsp3) is 0.529. The molecule has 1 aromatic carbocycles. The zero-order chi connectivity index (χ0) is 15.8. The van der Waals surface area contributed by atoms with Crippen molar-refractivity contribution < 1.29 is 9.63 Å². The Hall–Kier alpha value is -2.08. The molecule has 23 heavy (non-hydrogen) atoms. The number of aromatic nitrogens is 2. The molecule has 0 unspecified atom stereocenters. The highest BCUT2D eigenvalue weighted by Gasteiger charge is 2.31. The third-order valence-electron chi connectivity index (χ3n) is 4.84. The summed E-state index contributed by atoms with van der Waals surface area (Å²) in [5, 5.41) is 14.1. The number of anilines is 1. The van der Waals surface area contributed by atoms with E-state index >= 15 is 0 Å². The van der Waals surface area contributed by atoms with Gasteiger partial charge in [-0.05, 0) is 31.9 Å². The second-order valence-electron chi connectivity index (χ2n) is 6.45. The van der Waals surface area contributed by atoms with E-state index < -0.39 is 0 Å². The van der Waals surface area contributed by atoms with Gasteiger partial charge in [-0.15, -0.1) is 0 Å². The summed E-state index contributed by atoms with van der Waals surface area (Å²) in [6.45, 7) is 5.71. The van der Waals surface area contributed by atoms with Crippen LogP contribution >= 0.6 is 0 Å². The van der Waals surface area contributed by atoms with E-state index in [4.69, 9.17) is 4.52 Å². The van der Waals surface area contributed by atoms with Crippen LogP contribution in [0.25, 0.3) is 0 Å². The lowest BCUT2D eigenvalue weighted by Gasteiger charge is -2.38. The number of benzene rings is 1. The average molecular weight is 314 g/mol. The lowest BCUT2D eigenvalue weighted by molar-refractivity contribution is 0.164. The van der Waals surface area contributed by atoms with Crippen molar-refractivity contribution in [2.45, 2.75) is 31.7 Å². The summed E-state index contributed by atoms with van der Waals surface area (Å²) in [4.78, 5) is 9.15. The van der Waals surface area contributed by atoms with Gasteiger partial charge in [0.15, 0.2) is 5.82 Å². The molecule has 2 aromatic rings. The van der Waals surface area contributed by atoms with Gasteiger partial charge >= 0.3 is 0 Å². The maximum atomic E-state index is 9.99. The topological polar surface area (TPSA) is 65.6 Å². The van der Waals surface area contributed by atoms with Crippen molar-refractivity contribution in [1.82, 2.24) is 15.0 Å². The summed E-state index contributed by atoms with van der Waals surface area (Å²) >= 11 is 0. The SMILES string of the molecule is C[C@H](c1nc(C2CC2)no1)N1CCN(c2ccccc2O)CC1. The van der Waals surface area contributed by atoms with Crippen LogP contribution in [-0.2, 0) is 0 Å². The zero-order valence-electron chi connectivity index (χ0n) is 13.4. The molecule has 1 aromatic heterocycles. The molecular weight excluding hydrogens is 292 g/mol. The van der Waals surface area contributed by atoms with Crippen LogP contribution in [0.5, 0.6) is 5.75 Å². The Morgan fingerprint density at radius 3 is 2.61 bits per heavy atom. The quantitative estimate of drug-likeness (QED) is 0.935. The molecule has 1 aliphatic heterocycles. The van der Waals surface area contributed by atoms with Gasteiger partial charge < -0.3 is 14.5 Å². The Kier molecular flexibility index (Phi) is 3.69. The standard InChI is InChI=1S/C17H22N4O2/c1-12(17-18-16(19-23-17)13-6-7-13)20-8-10-21(11-9-20)14-4-2-3-5-15(14)22/h2-5,12-13,22H,6-11H2,1H3/t12-/m1/s1. The van der Waals surface area contributed by atoms with Crippen LogP contribution in [0.3, 0.4) is 0 Å². The first-order valence-corrected chi connectivity index (χ1v) is 8.33. The molecule has 122 valence electrons. The summed E-state index contributed by atoms with van der Waals surface area (Å²) in [6, 6.07) is 7.66. The molecule has 2 heterocycles. The molecule has 2 aliphatic rings. The number of hydrogen-bond donors (Lipinski definition) is 1.